The van der Waals surface area contributed by atoms with E-state index in [1.807, 2.05) is 0 Å². The number of ether oxygens (including phenoxy) is 2. The van der Waals surface area contributed by atoms with Crippen LogP contribution in [0.15, 0.2) is 12.3 Å². The number of rotatable bonds is 6. The van der Waals surface area contributed by atoms with Gasteiger partial charge in [-0.3, -0.25) is 4.74 Å². The molecule has 0 aliphatic heterocycles. The van der Waals surface area contributed by atoms with E-state index in [0.717, 1.165) is 0 Å². The zero-order chi connectivity index (χ0) is 19.8. The van der Waals surface area contributed by atoms with Crippen molar-refractivity contribution < 1.29 is 53.4 Å². The van der Waals surface area contributed by atoms with Crippen LogP contribution in [0.5, 0.6) is 5.75 Å². The Labute approximate surface area is 141 Å². The zero-order valence-corrected chi connectivity index (χ0v) is 12.5. The highest BCUT2D eigenvalue weighted by molar-refractivity contribution is 6.41. The lowest BCUT2D eigenvalue weighted by molar-refractivity contribution is -0.460. The van der Waals surface area contributed by atoms with Gasteiger partial charge < -0.3 is 4.74 Å². The van der Waals surface area contributed by atoms with E-state index >= 15 is 0 Å². The molecule has 0 saturated heterocycles. The summed E-state index contributed by atoms with van der Waals surface area (Å²) in [6.45, 7) is 0. The molecule has 144 valence electrons. The normalized spacial score (nSPS) is 15.2. The van der Waals surface area contributed by atoms with E-state index in [1.54, 1.807) is 0 Å². The standard InChI is InChI=1S/C10H3Cl2F10NO2/c11-4-1-3(2-23-5(4)12)24-7(14,15)6(13)25-10(21,22)8(16,17)9(18,19)20/h1-2,6H. The second-order valence-corrected chi connectivity index (χ2v) is 4.90. The minimum absolute atomic E-state index is 0.414. The molecule has 0 fully saturated rings. The molecule has 0 spiro atoms. The van der Waals surface area contributed by atoms with Crippen molar-refractivity contribution in [2.45, 2.75) is 30.7 Å². The monoisotopic (exact) mass is 429 g/mol. The van der Waals surface area contributed by atoms with Crippen molar-refractivity contribution in [2.24, 2.45) is 0 Å². The molecular weight excluding hydrogens is 427 g/mol. The molecule has 1 aromatic rings. The number of nitrogens with zero attached hydrogens (tertiary/aromatic N) is 1. The Morgan fingerprint density at radius 1 is 0.960 bits per heavy atom. The number of hydrogen-bond acceptors (Lipinski definition) is 3. The van der Waals surface area contributed by atoms with Gasteiger partial charge in [-0.15, -0.1) is 0 Å². The van der Waals surface area contributed by atoms with Gasteiger partial charge in [-0.2, -0.15) is 39.5 Å². The Balaban J connectivity index is 2.96. The van der Waals surface area contributed by atoms with Gasteiger partial charge in [0.05, 0.1) is 11.2 Å². The fourth-order valence-corrected chi connectivity index (χ4v) is 1.36. The molecule has 0 radical (unpaired) electrons. The van der Waals surface area contributed by atoms with E-state index in [1.165, 1.54) is 0 Å². The Morgan fingerprint density at radius 3 is 1.92 bits per heavy atom. The summed E-state index contributed by atoms with van der Waals surface area (Å²) in [5.74, 6) is -8.03. The molecule has 0 amide bonds. The summed E-state index contributed by atoms with van der Waals surface area (Å²) < 4.78 is 131. The van der Waals surface area contributed by atoms with Crippen LogP contribution in [0.3, 0.4) is 0 Å². The molecule has 0 aliphatic rings. The first-order valence-electron chi connectivity index (χ1n) is 5.53. The van der Waals surface area contributed by atoms with Crippen LogP contribution in [0.4, 0.5) is 43.9 Å². The van der Waals surface area contributed by atoms with Crippen molar-refractivity contribution in [3.63, 3.8) is 0 Å². The fraction of sp³-hybridized carbons (Fsp3) is 0.500. The number of halogens is 12. The first kappa shape index (κ1) is 21.8. The fourth-order valence-electron chi connectivity index (χ4n) is 1.10. The van der Waals surface area contributed by atoms with Crippen molar-refractivity contribution in [3.8, 4) is 5.75 Å². The van der Waals surface area contributed by atoms with E-state index < -0.39 is 46.6 Å². The number of hydrogen-bond donors (Lipinski definition) is 0. The molecule has 25 heavy (non-hydrogen) atoms. The van der Waals surface area contributed by atoms with Gasteiger partial charge in [0.2, 0.25) is 0 Å². The molecule has 1 unspecified atom stereocenters. The highest BCUT2D eigenvalue weighted by Gasteiger charge is 2.76. The second kappa shape index (κ2) is 6.83. The van der Waals surface area contributed by atoms with Gasteiger partial charge in [-0.1, -0.05) is 23.2 Å². The van der Waals surface area contributed by atoms with E-state index in [9.17, 15) is 43.9 Å². The SMILES string of the molecule is FC(OC(F)(F)C(F)(F)C(F)(F)F)C(F)(F)Oc1cnc(Cl)c(Cl)c1. The molecule has 0 bridgehead atoms. The average Bonchev–Trinajstić information content (AvgIpc) is 2.40. The lowest BCUT2D eigenvalue weighted by Crippen LogP contribution is -2.56. The Bertz CT molecular complexity index is 624. The third-order valence-corrected chi connectivity index (χ3v) is 2.95. The van der Waals surface area contributed by atoms with Crippen LogP contribution in [0.25, 0.3) is 0 Å². The van der Waals surface area contributed by atoms with Crippen molar-refractivity contribution in [3.05, 3.63) is 22.4 Å². The van der Waals surface area contributed by atoms with Crippen LogP contribution in [0, 0.1) is 0 Å². The van der Waals surface area contributed by atoms with E-state index in [2.05, 4.69) is 14.5 Å². The highest BCUT2D eigenvalue weighted by atomic mass is 35.5. The van der Waals surface area contributed by atoms with Gasteiger partial charge in [0, 0.05) is 6.07 Å². The van der Waals surface area contributed by atoms with Gasteiger partial charge in [-0.05, 0) is 0 Å². The maximum absolute atomic E-state index is 13.3. The molecular formula is C10H3Cl2F10NO2. The third kappa shape index (κ3) is 4.70. The van der Waals surface area contributed by atoms with Crippen LogP contribution in [-0.2, 0) is 4.74 Å². The Morgan fingerprint density at radius 2 is 1.48 bits per heavy atom. The summed E-state index contributed by atoms with van der Waals surface area (Å²) in [5, 5.41) is -0.915. The quantitative estimate of drug-likeness (QED) is 0.444. The van der Waals surface area contributed by atoms with E-state index in [0.29, 0.717) is 12.3 Å². The molecule has 1 atom stereocenters. The van der Waals surface area contributed by atoms with E-state index in [-0.39, 0.29) is 0 Å². The highest BCUT2D eigenvalue weighted by Crippen LogP contribution is 2.48. The topological polar surface area (TPSA) is 31.4 Å². The largest absolute Gasteiger partial charge is 0.462 e. The molecule has 1 heterocycles. The summed E-state index contributed by atoms with van der Waals surface area (Å²) in [4.78, 5) is 3.16. The van der Waals surface area contributed by atoms with Gasteiger partial charge in [0.15, 0.2) is 0 Å². The van der Waals surface area contributed by atoms with Gasteiger partial charge in [-0.25, -0.2) is 9.37 Å². The van der Waals surface area contributed by atoms with Crippen molar-refractivity contribution in [2.75, 3.05) is 0 Å². The Kier molecular flexibility index (Phi) is 5.97. The molecule has 1 aromatic heterocycles. The number of aromatic nitrogens is 1. The third-order valence-electron chi connectivity index (χ3n) is 2.26. The van der Waals surface area contributed by atoms with Crippen LogP contribution >= 0.6 is 23.2 Å². The average molecular weight is 430 g/mol. The summed E-state index contributed by atoms with van der Waals surface area (Å²) >= 11 is 10.7. The number of pyridine rings is 1. The number of alkyl halides is 10. The van der Waals surface area contributed by atoms with Crippen molar-refractivity contribution in [1.82, 2.24) is 4.98 Å². The van der Waals surface area contributed by atoms with Crippen LogP contribution < -0.4 is 4.74 Å². The molecule has 0 aliphatic carbocycles. The first-order chi connectivity index (χ1) is 11.0. The lowest BCUT2D eigenvalue weighted by Gasteiger charge is -2.30. The maximum atomic E-state index is 13.3. The van der Waals surface area contributed by atoms with E-state index in [4.69, 9.17) is 23.2 Å². The molecule has 1 rings (SSSR count). The zero-order valence-electron chi connectivity index (χ0n) is 11.0. The second-order valence-electron chi connectivity index (χ2n) is 4.13. The molecule has 0 saturated carbocycles. The molecule has 15 heteroatoms. The summed E-state index contributed by atoms with van der Waals surface area (Å²) in [6.07, 6.45) is -23.3. The molecule has 0 N–H and O–H groups in total. The van der Waals surface area contributed by atoms with Gasteiger partial charge in [0.25, 0.3) is 0 Å². The minimum atomic E-state index is -6.95. The van der Waals surface area contributed by atoms with Gasteiger partial charge >= 0.3 is 30.7 Å². The summed E-state index contributed by atoms with van der Waals surface area (Å²) in [6, 6.07) is 0.514. The van der Waals surface area contributed by atoms with Crippen molar-refractivity contribution >= 4 is 23.2 Å². The predicted octanol–water partition coefficient (Wildman–Crippen LogP) is 5.46. The molecule has 3 nitrogen and oxygen atoms in total. The van der Waals surface area contributed by atoms with Crippen LogP contribution in [-0.4, -0.2) is 35.7 Å². The smallest absolute Gasteiger partial charge is 0.427 e. The van der Waals surface area contributed by atoms with Gasteiger partial charge in [0.1, 0.15) is 10.9 Å². The van der Waals surface area contributed by atoms with Crippen LogP contribution in [0.1, 0.15) is 0 Å². The van der Waals surface area contributed by atoms with Crippen LogP contribution in [0.2, 0.25) is 10.2 Å². The summed E-state index contributed by atoms with van der Waals surface area (Å²) in [5.41, 5.74) is 0. The minimum Gasteiger partial charge on any atom is -0.427 e. The molecule has 0 aromatic carbocycles. The maximum Gasteiger partial charge on any atom is 0.462 e. The summed E-state index contributed by atoms with van der Waals surface area (Å²) in [7, 11) is 0. The predicted molar refractivity (Wildman–Crippen MR) is 61.8 cm³/mol. The first-order valence-corrected chi connectivity index (χ1v) is 6.29. The van der Waals surface area contributed by atoms with Crippen molar-refractivity contribution in [1.29, 1.82) is 0 Å². The Hall–Kier alpha value is -1.21. The lowest BCUT2D eigenvalue weighted by atomic mass is 10.3.